The lowest BCUT2D eigenvalue weighted by molar-refractivity contribution is 0.327. The first kappa shape index (κ1) is 15.7. The molecule has 0 unspecified atom stereocenters. The lowest BCUT2D eigenvalue weighted by atomic mass is 9.87. The molecule has 2 rings (SSSR count). The molecule has 5 heteroatoms. The van der Waals surface area contributed by atoms with Crippen molar-refractivity contribution in [1.29, 1.82) is 0 Å². The molecule has 0 aliphatic heterocycles. The van der Waals surface area contributed by atoms with Gasteiger partial charge in [-0.1, -0.05) is 32.4 Å². The van der Waals surface area contributed by atoms with Crippen molar-refractivity contribution in [2.24, 2.45) is 0 Å². The summed E-state index contributed by atoms with van der Waals surface area (Å²) in [5.41, 5.74) is 1.56. The van der Waals surface area contributed by atoms with Crippen molar-refractivity contribution in [3.05, 3.63) is 22.8 Å². The van der Waals surface area contributed by atoms with Crippen LogP contribution in [0.3, 0.4) is 0 Å². The Morgan fingerprint density at radius 2 is 1.57 bits per heavy atom. The molecular formula is C16H20ClNO3. The van der Waals surface area contributed by atoms with E-state index in [0.29, 0.717) is 27.9 Å². The maximum absolute atomic E-state index is 6.33. The average Bonchev–Trinajstić information content (AvgIpc) is 2.42. The molecule has 0 bridgehead atoms. The molecule has 0 N–H and O–H groups in total. The minimum Gasteiger partial charge on any atom is -0.493 e. The fourth-order valence-corrected chi connectivity index (χ4v) is 2.72. The van der Waals surface area contributed by atoms with Gasteiger partial charge >= 0.3 is 0 Å². The summed E-state index contributed by atoms with van der Waals surface area (Å²) in [5, 5.41) is 1.34. The number of fused-ring (bicyclic) bond motifs is 1. The van der Waals surface area contributed by atoms with Crippen molar-refractivity contribution >= 4 is 22.5 Å². The van der Waals surface area contributed by atoms with Gasteiger partial charge in [-0.15, -0.1) is 0 Å². The lowest BCUT2D eigenvalue weighted by Crippen LogP contribution is -2.12. The van der Waals surface area contributed by atoms with Crippen LogP contribution in [-0.4, -0.2) is 26.3 Å². The van der Waals surface area contributed by atoms with Crippen molar-refractivity contribution in [2.45, 2.75) is 26.2 Å². The van der Waals surface area contributed by atoms with Crippen LogP contribution in [0.25, 0.3) is 10.9 Å². The molecule has 0 radical (unpaired) electrons. The number of aromatic nitrogens is 1. The topological polar surface area (TPSA) is 40.6 Å². The van der Waals surface area contributed by atoms with Gasteiger partial charge in [-0.05, 0) is 17.0 Å². The Morgan fingerprint density at radius 1 is 0.952 bits per heavy atom. The first-order valence-corrected chi connectivity index (χ1v) is 7.01. The second kappa shape index (κ2) is 5.60. The van der Waals surface area contributed by atoms with Crippen LogP contribution in [0.1, 0.15) is 26.3 Å². The number of halogens is 1. The van der Waals surface area contributed by atoms with E-state index in [4.69, 9.17) is 25.8 Å². The number of rotatable bonds is 3. The largest absolute Gasteiger partial charge is 0.493 e. The Kier molecular flexibility index (Phi) is 4.19. The standard InChI is InChI=1S/C16H20ClNO3/c1-16(2,3)10-7-9-11(18-15(10)17)8-12(19-4)14(21-6)13(9)20-5/h7-8H,1-6H3. The highest BCUT2D eigenvalue weighted by atomic mass is 35.5. The number of nitrogens with zero attached hydrogens (tertiary/aromatic N) is 1. The molecule has 21 heavy (non-hydrogen) atoms. The highest BCUT2D eigenvalue weighted by molar-refractivity contribution is 6.30. The smallest absolute Gasteiger partial charge is 0.204 e. The molecule has 2 aromatic rings. The van der Waals surface area contributed by atoms with E-state index in [1.54, 1.807) is 27.4 Å². The van der Waals surface area contributed by atoms with E-state index in [9.17, 15) is 0 Å². The first-order chi connectivity index (χ1) is 9.83. The Morgan fingerprint density at radius 3 is 2.05 bits per heavy atom. The highest BCUT2D eigenvalue weighted by Crippen LogP contribution is 2.44. The Hall–Kier alpha value is -1.68. The van der Waals surface area contributed by atoms with Gasteiger partial charge in [0.05, 0.1) is 26.8 Å². The Balaban J connectivity index is 2.88. The zero-order valence-corrected chi connectivity index (χ0v) is 14.0. The van der Waals surface area contributed by atoms with Crippen molar-refractivity contribution in [1.82, 2.24) is 4.98 Å². The SMILES string of the molecule is COc1cc2nc(Cl)c(C(C)(C)C)cc2c(OC)c1OC. The van der Waals surface area contributed by atoms with Crippen LogP contribution in [0.5, 0.6) is 17.2 Å². The number of methoxy groups -OCH3 is 3. The quantitative estimate of drug-likeness (QED) is 0.796. The molecule has 0 atom stereocenters. The molecule has 1 heterocycles. The number of ether oxygens (including phenoxy) is 3. The minimum atomic E-state index is -0.115. The Labute approximate surface area is 130 Å². The van der Waals surface area contributed by atoms with E-state index < -0.39 is 0 Å². The molecule has 0 spiro atoms. The van der Waals surface area contributed by atoms with E-state index in [0.717, 1.165) is 10.9 Å². The fraction of sp³-hybridized carbons (Fsp3) is 0.438. The van der Waals surface area contributed by atoms with E-state index in [-0.39, 0.29) is 5.41 Å². The summed E-state index contributed by atoms with van der Waals surface area (Å²) in [6, 6.07) is 3.81. The molecular weight excluding hydrogens is 290 g/mol. The second-order valence-corrected chi connectivity index (χ2v) is 6.15. The van der Waals surface area contributed by atoms with Crippen LogP contribution in [0, 0.1) is 0 Å². The monoisotopic (exact) mass is 309 g/mol. The van der Waals surface area contributed by atoms with Gasteiger partial charge in [0, 0.05) is 11.5 Å². The zero-order valence-electron chi connectivity index (χ0n) is 13.2. The van der Waals surface area contributed by atoms with Gasteiger partial charge in [-0.25, -0.2) is 4.98 Å². The number of hydrogen-bond donors (Lipinski definition) is 0. The first-order valence-electron chi connectivity index (χ1n) is 6.63. The van der Waals surface area contributed by atoms with E-state index in [1.807, 2.05) is 6.07 Å². The minimum absolute atomic E-state index is 0.115. The number of pyridine rings is 1. The molecule has 0 aliphatic carbocycles. The van der Waals surface area contributed by atoms with Crippen LogP contribution in [0.15, 0.2) is 12.1 Å². The van der Waals surface area contributed by atoms with Gasteiger partial charge in [0.2, 0.25) is 5.75 Å². The van der Waals surface area contributed by atoms with E-state index in [1.165, 1.54) is 0 Å². The molecule has 0 amide bonds. The van der Waals surface area contributed by atoms with Gasteiger partial charge in [0.25, 0.3) is 0 Å². The van der Waals surface area contributed by atoms with Crippen LogP contribution < -0.4 is 14.2 Å². The van der Waals surface area contributed by atoms with Crippen LogP contribution in [0.2, 0.25) is 5.15 Å². The molecule has 1 aromatic carbocycles. The van der Waals surface area contributed by atoms with Crippen LogP contribution in [0.4, 0.5) is 0 Å². The molecule has 0 fully saturated rings. The molecule has 4 nitrogen and oxygen atoms in total. The molecule has 0 saturated heterocycles. The average molecular weight is 310 g/mol. The second-order valence-electron chi connectivity index (χ2n) is 5.79. The third kappa shape index (κ3) is 2.72. The zero-order chi connectivity index (χ0) is 15.8. The summed E-state index contributed by atoms with van der Waals surface area (Å²) >= 11 is 6.33. The molecule has 114 valence electrons. The molecule has 0 saturated carbocycles. The lowest BCUT2D eigenvalue weighted by Gasteiger charge is -2.22. The van der Waals surface area contributed by atoms with Gasteiger partial charge in [0.15, 0.2) is 11.5 Å². The van der Waals surface area contributed by atoms with Gasteiger partial charge < -0.3 is 14.2 Å². The van der Waals surface area contributed by atoms with Crippen molar-refractivity contribution < 1.29 is 14.2 Å². The predicted octanol–water partition coefficient (Wildman–Crippen LogP) is 4.21. The van der Waals surface area contributed by atoms with Gasteiger partial charge in [0.1, 0.15) is 5.15 Å². The highest BCUT2D eigenvalue weighted by Gasteiger charge is 2.23. The summed E-state index contributed by atoms with van der Waals surface area (Å²) in [7, 11) is 4.76. The number of hydrogen-bond acceptors (Lipinski definition) is 4. The third-order valence-corrected chi connectivity index (χ3v) is 3.67. The van der Waals surface area contributed by atoms with Crippen LogP contribution >= 0.6 is 11.6 Å². The summed E-state index contributed by atoms with van der Waals surface area (Å²) < 4.78 is 16.3. The van der Waals surface area contributed by atoms with Crippen molar-refractivity contribution in [3.63, 3.8) is 0 Å². The van der Waals surface area contributed by atoms with E-state index >= 15 is 0 Å². The van der Waals surface area contributed by atoms with Crippen LogP contribution in [-0.2, 0) is 5.41 Å². The molecule has 0 aliphatic rings. The summed E-state index contributed by atoms with van der Waals surface area (Å²) in [4.78, 5) is 4.48. The number of benzene rings is 1. The third-order valence-electron chi connectivity index (χ3n) is 3.38. The summed E-state index contributed by atoms with van der Waals surface area (Å²) in [6.07, 6.45) is 0. The maximum atomic E-state index is 6.33. The van der Waals surface area contributed by atoms with Gasteiger partial charge in [-0.3, -0.25) is 0 Å². The fourth-order valence-electron chi connectivity index (χ4n) is 2.29. The van der Waals surface area contributed by atoms with Gasteiger partial charge in [-0.2, -0.15) is 0 Å². The van der Waals surface area contributed by atoms with E-state index in [2.05, 4.69) is 25.8 Å². The summed E-state index contributed by atoms with van der Waals surface area (Å²) in [6.45, 7) is 6.28. The van der Waals surface area contributed by atoms with Crippen molar-refractivity contribution in [3.8, 4) is 17.2 Å². The molecule has 1 aromatic heterocycles. The Bertz CT molecular complexity index is 678. The maximum Gasteiger partial charge on any atom is 0.204 e. The predicted molar refractivity (Wildman–Crippen MR) is 85.1 cm³/mol. The normalized spacial score (nSPS) is 11.6. The van der Waals surface area contributed by atoms with Crippen molar-refractivity contribution in [2.75, 3.05) is 21.3 Å². The summed E-state index contributed by atoms with van der Waals surface area (Å²) in [5.74, 6) is 1.71.